The Morgan fingerprint density at radius 1 is 1.47 bits per heavy atom. The molecule has 2 heterocycles. The van der Waals surface area contributed by atoms with Crippen LogP contribution in [0.4, 0.5) is 5.69 Å². The van der Waals surface area contributed by atoms with E-state index in [4.69, 9.17) is 16.6 Å². The van der Waals surface area contributed by atoms with Crippen molar-refractivity contribution in [2.45, 2.75) is 6.42 Å². The van der Waals surface area contributed by atoms with Crippen LogP contribution in [0.15, 0.2) is 22.6 Å². The number of benzene rings is 1. The molecule has 1 aromatic carbocycles. The summed E-state index contributed by atoms with van der Waals surface area (Å²) in [6.45, 7) is 0.387. The first kappa shape index (κ1) is 11.9. The van der Waals surface area contributed by atoms with Gasteiger partial charge < -0.3 is 20.0 Å². The minimum Gasteiger partial charge on any atom is -0.429 e. The van der Waals surface area contributed by atoms with Crippen LogP contribution < -0.4 is 10.6 Å². The highest BCUT2D eigenvalue weighted by atomic mass is 32.1. The van der Waals surface area contributed by atoms with E-state index in [0.29, 0.717) is 22.7 Å². The van der Waals surface area contributed by atoms with Crippen molar-refractivity contribution in [3.63, 3.8) is 0 Å². The first-order chi connectivity index (χ1) is 9.11. The zero-order valence-electron chi connectivity index (χ0n) is 9.86. The SMILES string of the molecule is O=C1CC(C(=O)Nc2ccc3[nH]c(=S)oc3c2)CN1. The molecular formula is C12H11N3O3S. The Morgan fingerprint density at radius 3 is 3.05 bits per heavy atom. The number of aromatic amines is 1. The molecule has 19 heavy (non-hydrogen) atoms. The second-order valence-corrected chi connectivity index (χ2v) is 4.79. The van der Waals surface area contributed by atoms with Gasteiger partial charge in [-0.25, -0.2) is 0 Å². The van der Waals surface area contributed by atoms with E-state index < -0.39 is 0 Å². The molecule has 1 saturated heterocycles. The van der Waals surface area contributed by atoms with Crippen molar-refractivity contribution in [3.05, 3.63) is 23.0 Å². The second kappa shape index (κ2) is 4.51. The van der Waals surface area contributed by atoms with Crippen LogP contribution in [-0.2, 0) is 9.59 Å². The predicted octanol–water partition coefficient (Wildman–Crippen LogP) is 1.56. The van der Waals surface area contributed by atoms with Gasteiger partial charge in [0.15, 0.2) is 5.58 Å². The van der Waals surface area contributed by atoms with Crippen LogP contribution in [0.3, 0.4) is 0 Å². The van der Waals surface area contributed by atoms with E-state index in [1.807, 2.05) is 0 Å². The molecule has 1 unspecified atom stereocenters. The van der Waals surface area contributed by atoms with E-state index >= 15 is 0 Å². The average Bonchev–Trinajstić information content (AvgIpc) is 2.93. The highest BCUT2D eigenvalue weighted by molar-refractivity contribution is 7.71. The maximum Gasteiger partial charge on any atom is 0.266 e. The van der Waals surface area contributed by atoms with Crippen LogP contribution in [0.5, 0.6) is 0 Å². The zero-order chi connectivity index (χ0) is 13.4. The number of carbonyl (C=O) groups is 2. The Labute approximate surface area is 113 Å². The smallest absolute Gasteiger partial charge is 0.266 e. The maximum absolute atomic E-state index is 11.9. The number of oxazole rings is 1. The number of H-pyrrole nitrogens is 1. The number of aromatic nitrogens is 1. The summed E-state index contributed by atoms with van der Waals surface area (Å²) in [7, 11) is 0. The summed E-state index contributed by atoms with van der Waals surface area (Å²) in [5.41, 5.74) is 1.98. The summed E-state index contributed by atoms with van der Waals surface area (Å²) in [4.78, 5) is 26.2. The first-order valence-corrected chi connectivity index (χ1v) is 6.23. The van der Waals surface area contributed by atoms with Crippen LogP contribution in [0, 0.1) is 10.8 Å². The van der Waals surface area contributed by atoms with Crippen LogP contribution in [0.1, 0.15) is 6.42 Å². The molecule has 0 spiro atoms. The average molecular weight is 277 g/mol. The third-order valence-corrected chi connectivity index (χ3v) is 3.22. The fourth-order valence-electron chi connectivity index (χ4n) is 2.06. The van der Waals surface area contributed by atoms with Gasteiger partial charge in [-0.05, 0) is 24.4 Å². The monoisotopic (exact) mass is 277 g/mol. The van der Waals surface area contributed by atoms with Gasteiger partial charge in [-0.3, -0.25) is 9.59 Å². The number of rotatable bonds is 2. The predicted molar refractivity (Wildman–Crippen MR) is 71.1 cm³/mol. The molecule has 3 N–H and O–H groups in total. The lowest BCUT2D eigenvalue weighted by Crippen LogP contribution is -2.24. The lowest BCUT2D eigenvalue weighted by atomic mass is 10.1. The fourth-order valence-corrected chi connectivity index (χ4v) is 2.26. The first-order valence-electron chi connectivity index (χ1n) is 5.82. The highest BCUT2D eigenvalue weighted by Gasteiger charge is 2.27. The number of hydrogen-bond donors (Lipinski definition) is 3. The zero-order valence-corrected chi connectivity index (χ0v) is 10.7. The van der Waals surface area contributed by atoms with E-state index in [2.05, 4.69) is 15.6 Å². The maximum atomic E-state index is 11.9. The van der Waals surface area contributed by atoms with Crippen LogP contribution >= 0.6 is 12.2 Å². The van der Waals surface area contributed by atoms with Gasteiger partial charge in [-0.15, -0.1) is 0 Å². The quantitative estimate of drug-likeness (QED) is 0.727. The molecule has 3 rings (SSSR count). The molecule has 1 fully saturated rings. The Morgan fingerprint density at radius 2 is 2.32 bits per heavy atom. The van der Waals surface area contributed by atoms with Crippen LogP contribution in [0.25, 0.3) is 11.1 Å². The van der Waals surface area contributed by atoms with Gasteiger partial charge in [0.2, 0.25) is 11.8 Å². The Bertz CT molecular complexity index is 718. The van der Waals surface area contributed by atoms with Gasteiger partial charge in [-0.2, -0.15) is 0 Å². The summed E-state index contributed by atoms with van der Waals surface area (Å²) in [5.74, 6) is -0.584. The second-order valence-electron chi connectivity index (χ2n) is 4.42. The molecule has 0 bridgehead atoms. The molecule has 2 aromatic rings. The third-order valence-electron chi connectivity index (χ3n) is 3.04. The Hall–Kier alpha value is -2.15. The van der Waals surface area contributed by atoms with Crippen LogP contribution in [-0.4, -0.2) is 23.3 Å². The molecular weight excluding hydrogens is 266 g/mol. The van der Waals surface area contributed by atoms with Crippen LogP contribution in [0.2, 0.25) is 0 Å². The Kier molecular flexibility index (Phi) is 2.83. The molecule has 1 aliphatic rings. The van der Waals surface area contributed by atoms with E-state index in [0.717, 1.165) is 5.52 Å². The van der Waals surface area contributed by atoms with Gasteiger partial charge in [-0.1, -0.05) is 0 Å². The van der Waals surface area contributed by atoms with Crippen molar-refractivity contribution in [1.82, 2.24) is 10.3 Å². The Balaban J connectivity index is 1.79. The number of amides is 2. The molecule has 1 aliphatic heterocycles. The molecule has 0 saturated carbocycles. The molecule has 1 aromatic heterocycles. The van der Waals surface area contributed by atoms with E-state index in [1.165, 1.54) is 0 Å². The number of anilines is 1. The molecule has 7 heteroatoms. The van der Waals surface area contributed by atoms with Crippen molar-refractivity contribution in [3.8, 4) is 0 Å². The van der Waals surface area contributed by atoms with Gasteiger partial charge in [0.1, 0.15) is 0 Å². The highest BCUT2D eigenvalue weighted by Crippen LogP contribution is 2.20. The molecule has 1 atom stereocenters. The summed E-state index contributed by atoms with van der Waals surface area (Å²) in [6.07, 6.45) is 0.235. The van der Waals surface area contributed by atoms with E-state index in [-0.39, 0.29) is 24.2 Å². The normalized spacial score (nSPS) is 18.5. The third kappa shape index (κ3) is 2.37. The number of nitrogens with one attached hydrogen (secondary N) is 3. The lowest BCUT2D eigenvalue weighted by molar-refractivity contribution is -0.123. The summed E-state index contributed by atoms with van der Waals surface area (Å²) in [6, 6.07) is 5.23. The summed E-state index contributed by atoms with van der Waals surface area (Å²) < 4.78 is 5.27. The largest absolute Gasteiger partial charge is 0.429 e. The lowest BCUT2D eigenvalue weighted by Gasteiger charge is -2.08. The van der Waals surface area contributed by atoms with Crippen molar-refractivity contribution in [2.24, 2.45) is 5.92 Å². The standard InChI is InChI=1S/C12H11N3O3S/c16-10-3-6(5-13-10)11(17)14-7-1-2-8-9(4-7)18-12(19)15-8/h1-2,4,6H,3,5H2,(H,13,16)(H,14,17)(H,15,19). The van der Waals surface area contributed by atoms with Gasteiger partial charge in [0.05, 0.1) is 11.4 Å². The fraction of sp³-hybridized carbons (Fsp3) is 0.250. The van der Waals surface area contributed by atoms with Gasteiger partial charge in [0.25, 0.3) is 4.84 Å². The van der Waals surface area contributed by atoms with E-state index in [1.54, 1.807) is 18.2 Å². The minimum atomic E-state index is -0.319. The van der Waals surface area contributed by atoms with Gasteiger partial charge in [0, 0.05) is 24.7 Å². The summed E-state index contributed by atoms with van der Waals surface area (Å²) >= 11 is 4.89. The van der Waals surface area contributed by atoms with Crippen molar-refractivity contribution < 1.29 is 14.0 Å². The number of fused-ring (bicyclic) bond motifs is 1. The minimum absolute atomic E-state index is 0.0908. The van der Waals surface area contributed by atoms with Crippen molar-refractivity contribution >= 4 is 40.8 Å². The van der Waals surface area contributed by atoms with Gasteiger partial charge >= 0.3 is 0 Å². The van der Waals surface area contributed by atoms with E-state index in [9.17, 15) is 9.59 Å². The molecule has 6 nitrogen and oxygen atoms in total. The number of carbonyl (C=O) groups excluding carboxylic acids is 2. The summed E-state index contributed by atoms with van der Waals surface area (Å²) in [5, 5.41) is 5.40. The molecule has 0 radical (unpaired) electrons. The topological polar surface area (TPSA) is 87.1 Å². The molecule has 98 valence electrons. The molecule has 2 amide bonds. The molecule has 0 aliphatic carbocycles. The van der Waals surface area contributed by atoms with Crippen molar-refractivity contribution in [1.29, 1.82) is 0 Å². The van der Waals surface area contributed by atoms with Crippen molar-refractivity contribution in [2.75, 3.05) is 11.9 Å². The number of hydrogen-bond acceptors (Lipinski definition) is 4.